The Hall–Kier alpha value is -0.970. The van der Waals surface area contributed by atoms with Gasteiger partial charge in [-0.1, -0.05) is 6.92 Å². The minimum atomic E-state index is -0.502. The van der Waals surface area contributed by atoms with Gasteiger partial charge in [0, 0.05) is 19.6 Å². The zero-order valence-electron chi connectivity index (χ0n) is 11.4. The Bertz CT molecular complexity index is 328. The third kappa shape index (κ3) is 4.05. The molecule has 0 bridgehead atoms. The Kier molecular flexibility index (Phi) is 4.85. The average Bonchev–Trinajstić information content (AvgIpc) is 2.25. The van der Waals surface area contributed by atoms with Crippen LogP contribution in [0.5, 0.6) is 0 Å². The Labute approximate surface area is 113 Å². The summed E-state index contributed by atoms with van der Waals surface area (Å²) in [5.41, 5.74) is -0.502. The molecule has 0 aromatic heterocycles. The molecular formula is C12H21ClN2O3. The van der Waals surface area contributed by atoms with E-state index in [4.69, 9.17) is 16.3 Å². The largest absolute Gasteiger partial charge is 0.444 e. The van der Waals surface area contributed by atoms with Gasteiger partial charge in [-0.3, -0.25) is 4.79 Å². The van der Waals surface area contributed by atoms with E-state index in [2.05, 4.69) is 0 Å². The topological polar surface area (TPSA) is 49.9 Å². The highest BCUT2D eigenvalue weighted by Crippen LogP contribution is 2.17. The Morgan fingerprint density at radius 2 is 1.94 bits per heavy atom. The first-order valence-corrected chi connectivity index (χ1v) is 6.56. The molecule has 1 atom stereocenters. The average molecular weight is 277 g/mol. The number of carbonyl (C=O) groups excluding carboxylic acids is 2. The maximum Gasteiger partial charge on any atom is 0.410 e. The van der Waals surface area contributed by atoms with Crippen molar-refractivity contribution in [2.24, 2.45) is 0 Å². The Balaban J connectivity index is 2.62. The molecule has 5 nitrogen and oxygen atoms in total. The predicted octanol–water partition coefficient (Wildman–Crippen LogP) is 2.68. The lowest BCUT2D eigenvalue weighted by atomic mass is 10.1. The van der Waals surface area contributed by atoms with Crippen molar-refractivity contribution in [3.63, 3.8) is 0 Å². The molecule has 18 heavy (non-hydrogen) atoms. The van der Waals surface area contributed by atoms with Crippen molar-refractivity contribution in [2.45, 2.75) is 45.8 Å². The molecule has 0 aromatic carbocycles. The Morgan fingerprint density at radius 1 is 1.33 bits per heavy atom. The van der Waals surface area contributed by atoms with Crippen LogP contribution in [0, 0.1) is 0 Å². The van der Waals surface area contributed by atoms with E-state index in [0.717, 1.165) is 6.42 Å². The molecule has 0 radical (unpaired) electrons. The van der Waals surface area contributed by atoms with Gasteiger partial charge in [-0.25, -0.2) is 4.79 Å². The quantitative estimate of drug-likeness (QED) is 0.546. The third-order valence-electron chi connectivity index (χ3n) is 2.83. The summed E-state index contributed by atoms with van der Waals surface area (Å²) in [6.07, 6.45) is 0.431. The van der Waals surface area contributed by atoms with Crippen LogP contribution >= 0.6 is 11.6 Å². The third-order valence-corrected chi connectivity index (χ3v) is 3.05. The summed E-state index contributed by atoms with van der Waals surface area (Å²) in [7, 11) is 0. The van der Waals surface area contributed by atoms with Crippen LogP contribution in [0.25, 0.3) is 0 Å². The molecule has 0 N–H and O–H groups in total. The summed E-state index contributed by atoms with van der Waals surface area (Å²) in [5, 5.41) is -0.453. The zero-order chi connectivity index (χ0) is 13.9. The molecule has 2 amide bonds. The lowest BCUT2D eigenvalue weighted by molar-refractivity contribution is 0.0100. The van der Waals surface area contributed by atoms with Gasteiger partial charge in [0.05, 0.1) is 6.04 Å². The predicted molar refractivity (Wildman–Crippen MR) is 69.8 cm³/mol. The zero-order valence-corrected chi connectivity index (χ0v) is 12.2. The summed E-state index contributed by atoms with van der Waals surface area (Å²) in [4.78, 5) is 26.4. The number of carbonyl (C=O) groups is 2. The van der Waals surface area contributed by atoms with Crippen LogP contribution in [-0.4, -0.2) is 52.5 Å². The van der Waals surface area contributed by atoms with E-state index < -0.39 is 11.0 Å². The number of ether oxygens (including phenoxy) is 1. The van der Waals surface area contributed by atoms with Crippen LogP contribution in [0.1, 0.15) is 34.1 Å². The van der Waals surface area contributed by atoms with E-state index >= 15 is 0 Å². The molecule has 6 heteroatoms. The normalized spacial score (nSPS) is 20.8. The summed E-state index contributed by atoms with van der Waals surface area (Å²) < 4.78 is 5.32. The van der Waals surface area contributed by atoms with Crippen LogP contribution in [0.4, 0.5) is 9.59 Å². The fourth-order valence-corrected chi connectivity index (χ4v) is 2.15. The van der Waals surface area contributed by atoms with Gasteiger partial charge in [0.15, 0.2) is 0 Å². The van der Waals surface area contributed by atoms with Gasteiger partial charge >= 0.3 is 11.5 Å². The van der Waals surface area contributed by atoms with Gasteiger partial charge < -0.3 is 14.5 Å². The Morgan fingerprint density at radius 3 is 2.39 bits per heavy atom. The van der Waals surface area contributed by atoms with Crippen LogP contribution in [0.3, 0.4) is 0 Å². The van der Waals surface area contributed by atoms with E-state index in [-0.39, 0.29) is 12.1 Å². The van der Waals surface area contributed by atoms with Crippen molar-refractivity contribution in [1.29, 1.82) is 0 Å². The van der Waals surface area contributed by atoms with Crippen molar-refractivity contribution in [2.75, 3.05) is 19.6 Å². The van der Waals surface area contributed by atoms with E-state index in [1.807, 2.05) is 27.7 Å². The number of hydrogen-bond acceptors (Lipinski definition) is 3. The number of rotatable bonds is 1. The number of nitrogens with zero attached hydrogens (tertiary/aromatic N) is 2. The summed E-state index contributed by atoms with van der Waals surface area (Å²) in [5.74, 6) is 0. The molecule has 1 saturated heterocycles. The second-order valence-corrected chi connectivity index (χ2v) is 5.76. The number of hydrogen-bond donors (Lipinski definition) is 0. The minimum Gasteiger partial charge on any atom is -0.444 e. The highest BCUT2D eigenvalue weighted by Gasteiger charge is 2.32. The molecule has 0 aromatic rings. The van der Waals surface area contributed by atoms with Crippen LogP contribution in [0.2, 0.25) is 0 Å². The second kappa shape index (κ2) is 5.78. The first-order valence-electron chi connectivity index (χ1n) is 6.18. The van der Waals surface area contributed by atoms with Gasteiger partial charge in [-0.05, 0) is 38.8 Å². The lowest BCUT2D eigenvalue weighted by Gasteiger charge is -2.40. The maximum atomic E-state index is 11.9. The van der Waals surface area contributed by atoms with Crippen molar-refractivity contribution in [1.82, 2.24) is 9.80 Å². The second-order valence-electron chi connectivity index (χ2n) is 5.43. The van der Waals surface area contributed by atoms with Crippen LogP contribution in [-0.2, 0) is 4.74 Å². The summed E-state index contributed by atoms with van der Waals surface area (Å²) in [6.45, 7) is 8.87. The highest BCUT2D eigenvalue weighted by atomic mass is 35.5. The fourth-order valence-electron chi connectivity index (χ4n) is 1.93. The lowest BCUT2D eigenvalue weighted by Crippen LogP contribution is -2.55. The van der Waals surface area contributed by atoms with E-state index in [1.165, 1.54) is 0 Å². The summed E-state index contributed by atoms with van der Waals surface area (Å²) >= 11 is 5.52. The number of piperazine rings is 1. The molecule has 0 spiro atoms. The van der Waals surface area contributed by atoms with Crippen molar-refractivity contribution in [3.05, 3.63) is 0 Å². The van der Waals surface area contributed by atoms with Gasteiger partial charge in [-0.15, -0.1) is 0 Å². The standard InChI is InChI=1S/C12H21ClN2O3/c1-5-9-8-14(6-7-15(9)10(13)16)11(17)18-12(2,3)4/h9H,5-8H2,1-4H3. The van der Waals surface area contributed by atoms with Crippen molar-refractivity contribution < 1.29 is 14.3 Å². The smallest absolute Gasteiger partial charge is 0.410 e. The molecule has 1 rings (SSSR count). The molecule has 1 unspecified atom stereocenters. The molecule has 1 heterocycles. The SMILES string of the molecule is CCC1CN(C(=O)OC(C)(C)C)CCN1C(=O)Cl. The number of amides is 2. The first-order chi connectivity index (χ1) is 8.24. The van der Waals surface area contributed by atoms with E-state index in [0.29, 0.717) is 19.6 Å². The molecule has 0 saturated carbocycles. The molecule has 1 aliphatic rings. The maximum absolute atomic E-state index is 11.9. The fraction of sp³-hybridized carbons (Fsp3) is 0.833. The van der Waals surface area contributed by atoms with E-state index in [9.17, 15) is 9.59 Å². The number of halogens is 1. The first kappa shape index (κ1) is 15.1. The minimum absolute atomic E-state index is 0.0312. The van der Waals surface area contributed by atoms with E-state index in [1.54, 1.807) is 9.80 Å². The molecule has 1 fully saturated rings. The van der Waals surface area contributed by atoms with Crippen LogP contribution < -0.4 is 0 Å². The van der Waals surface area contributed by atoms with Gasteiger partial charge in [0.1, 0.15) is 5.60 Å². The summed E-state index contributed by atoms with van der Waals surface area (Å²) in [6, 6.07) is -0.0312. The van der Waals surface area contributed by atoms with Gasteiger partial charge in [0.25, 0.3) is 0 Å². The van der Waals surface area contributed by atoms with Crippen molar-refractivity contribution >= 4 is 23.1 Å². The van der Waals surface area contributed by atoms with Crippen molar-refractivity contribution in [3.8, 4) is 0 Å². The molecule has 0 aliphatic carbocycles. The molecule has 104 valence electrons. The highest BCUT2D eigenvalue weighted by molar-refractivity contribution is 6.62. The van der Waals surface area contributed by atoms with Gasteiger partial charge in [0.2, 0.25) is 0 Å². The molecular weight excluding hydrogens is 256 g/mol. The monoisotopic (exact) mass is 276 g/mol. The van der Waals surface area contributed by atoms with Crippen LogP contribution in [0.15, 0.2) is 0 Å². The van der Waals surface area contributed by atoms with Gasteiger partial charge in [-0.2, -0.15) is 0 Å². The molecule has 1 aliphatic heterocycles.